The minimum absolute atomic E-state index is 0.283. The molecule has 0 atom stereocenters. The topological polar surface area (TPSA) is 78.1 Å². The second kappa shape index (κ2) is 8.33. The van der Waals surface area contributed by atoms with E-state index in [-0.39, 0.29) is 6.03 Å². The second-order valence-corrected chi connectivity index (χ2v) is 5.68. The maximum Gasteiger partial charge on any atom is 0.319 e. The summed E-state index contributed by atoms with van der Waals surface area (Å²) in [5, 5.41) is 5.61. The van der Waals surface area contributed by atoms with Gasteiger partial charge in [0.1, 0.15) is 13.2 Å². The van der Waals surface area contributed by atoms with Crippen LogP contribution in [0.3, 0.4) is 0 Å². The Balaban J connectivity index is 1.50. The Kier molecular flexibility index (Phi) is 5.68. The maximum atomic E-state index is 12.1. The molecule has 0 aliphatic carbocycles. The van der Waals surface area contributed by atoms with Gasteiger partial charge in [0, 0.05) is 18.3 Å². The summed E-state index contributed by atoms with van der Waals surface area (Å²) >= 11 is 0. The van der Waals surface area contributed by atoms with E-state index in [1.165, 1.54) is 0 Å². The van der Waals surface area contributed by atoms with Crippen molar-refractivity contribution in [3.63, 3.8) is 0 Å². The van der Waals surface area contributed by atoms with Gasteiger partial charge in [-0.2, -0.15) is 0 Å². The van der Waals surface area contributed by atoms with Gasteiger partial charge in [-0.25, -0.2) is 4.79 Å². The van der Waals surface area contributed by atoms with Gasteiger partial charge in [0.15, 0.2) is 23.0 Å². The van der Waals surface area contributed by atoms with E-state index in [0.717, 1.165) is 17.1 Å². The molecule has 0 bridgehead atoms. The van der Waals surface area contributed by atoms with Crippen LogP contribution in [-0.4, -0.2) is 40.0 Å². The zero-order valence-corrected chi connectivity index (χ0v) is 14.8. The van der Waals surface area contributed by atoms with Crippen molar-refractivity contribution < 1.29 is 23.7 Å². The van der Waals surface area contributed by atoms with E-state index < -0.39 is 0 Å². The molecule has 2 N–H and O–H groups in total. The lowest BCUT2D eigenvalue weighted by Gasteiger charge is -2.18. The van der Waals surface area contributed by atoms with Gasteiger partial charge in [-0.15, -0.1) is 0 Å². The molecular formula is C19H22N2O5. The largest absolute Gasteiger partial charge is 0.493 e. The minimum atomic E-state index is -0.283. The van der Waals surface area contributed by atoms with Crippen molar-refractivity contribution in [2.45, 2.75) is 6.42 Å². The summed E-state index contributed by atoms with van der Waals surface area (Å²) in [6, 6.07) is 10.7. The van der Waals surface area contributed by atoms with Crippen LogP contribution >= 0.6 is 0 Å². The van der Waals surface area contributed by atoms with E-state index in [1.54, 1.807) is 32.4 Å². The molecule has 2 aromatic rings. The predicted octanol–water partition coefficient (Wildman–Crippen LogP) is 2.84. The third-order valence-electron chi connectivity index (χ3n) is 3.95. The van der Waals surface area contributed by atoms with Crippen molar-refractivity contribution in [1.82, 2.24) is 5.32 Å². The van der Waals surface area contributed by atoms with Gasteiger partial charge in [0.25, 0.3) is 0 Å². The lowest BCUT2D eigenvalue weighted by molar-refractivity contribution is 0.171. The van der Waals surface area contributed by atoms with Gasteiger partial charge in [0.2, 0.25) is 0 Å². The van der Waals surface area contributed by atoms with Crippen molar-refractivity contribution in [3.05, 3.63) is 42.0 Å². The summed E-state index contributed by atoms with van der Waals surface area (Å²) < 4.78 is 21.5. The van der Waals surface area contributed by atoms with Gasteiger partial charge in [-0.1, -0.05) is 6.07 Å². The number of hydrogen-bond acceptors (Lipinski definition) is 5. The average Bonchev–Trinajstić information content (AvgIpc) is 2.67. The number of amides is 2. The Labute approximate surface area is 152 Å². The highest BCUT2D eigenvalue weighted by atomic mass is 16.6. The molecular weight excluding hydrogens is 336 g/mol. The Hall–Kier alpha value is -3.09. The lowest BCUT2D eigenvalue weighted by atomic mass is 10.1. The molecule has 0 spiro atoms. The smallest absolute Gasteiger partial charge is 0.319 e. The van der Waals surface area contributed by atoms with Gasteiger partial charge in [-0.3, -0.25) is 0 Å². The van der Waals surface area contributed by atoms with Crippen LogP contribution in [0.5, 0.6) is 23.0 Å². The summed E-state index contributed by atoms with van der Waals surface area (Å²) in [6.07, 6.45) is 0.690. The normalized spacial score (nSPS) is 12.2. The molecule has 1 aliphatic heterocycles. The number of carbonyl (C=O) groups excluding carboxylic acids is 1. The van der Waals surface area contributed by atoms with E-state index in [9.17, 15) is 4.79 Å². The maximum absolute atomic E-state index is 12.1. The number of rotatable bonds is 6. The number of anilines is 1. The fourth-order valence-corrected chi connectivity index (χ4v) is 2.65. The van der Waals surface area contributed by atoms with Crippen molar-refractivity contribution >= 4 is 11.7 Å². The molecule has 0 unspecified atom stereocenters. The number of urea groups is 1. The zero-order valence-electron chi connectivity index (χ0n) is 14.8. The standard InChI is InChI=1S/C19H22N2O5/c1-23-15-6-4-14(12-17(15)24-2)21-19(22)20-8-7-13-3-5-16-18(11-13)26-10-9-25-16/h3-6,11-12H,7-10H2,1-2H3,(H2,20,21,22). The Bertz CT molecular complexity index is 779. The highest BCUT2D eigenvalue weighted by molar-refractivity contribution is 5.89. The first-order valence-electron chi connectivity index (χ1n) is 8.35. The van der Waals surface area contributed by atoms with Gasteiger partial charge in [0.05, 0.1) is 14.2 Å². The fraction of sp³-hybridized carbons (Fsp3) is 0.316. The molecule has 7 nitrogen and oxygen atoms in total. The number of nitrogens with one attached hydrogen (secondary N) is 2. The van der Waals surface area contributed by atoms with E-state index in [0.29, 0.717) is 43.4 Å². The molecule has 0 fully saturated rings. The Morgan fingerprint density at radius 2 is 1.77 bits per heavy atom. The van der Waals surface area contributed by atoms with Crippen LogP contribution in [0.1, 0.15) is 5.56 Å². The predicted molar refractivity (Wildman–Crippen MR) is 97.7 cm³/mol. The number of carbonyl (C=O) groups is 1. The fourth-order valence-electron chi connectivity index (χ4n) is 2.65. The molecule has 26 heavy (non-hydrogen) atoms. The third-order valence-corrected chi connectivity index (χ3v) is 3.95. The summed E-state index contributed by atoms with van der Waals surface area (Å²) in [5.41, 5.74) is 1.69. The first-order chi connectivity index (χ1) is 12.7. The van der Waals surface area contributed by atoms with Gasteiger partial charge >= 0.3 is 6.03 Å². The molecule has 0 saturated heterocycles. The zero-order chi connectivity index (χ0) is 18.4. The summed E-state index contributed by atoms with van der Waals surface area (Å²) in [4.78, 5) is 12.1. The van der Waals surface area contributed by atoms with Crippen LogP contribution in [0.25, 0.3) is 0 Å². The first kappa shape index (κ1) is 17.7. The highest BCUT2D eigenvalue weighted by Gasteiger charge is 2.12. The van der Waals surface area contributed by atoms with Crippen molar-refractivity contribution in [2.75, 3.05) is 39.3 Å². The Morgan fingerprint density at radius 3 is 2.54 bits per heavy atom. The van der Waals surface area contributed by atoms with E-state index >= 15 is 0 Å². The third kappa shape index (κ3) is 4.30. The first-order valence-corrected chi connectivity index (χ1v) is 8.35. The van der Waals surface area contributed by atoms with Crippen molar-refractivity contribution in [3.8, 4) is 23.0 Å². The van der Waals surface area contributed by atoms with Gasteiger partial charge in [-0.05, 0) is 36.2 Å². The molecule has 138 valence electrons. The highest BCUT2D eigenvalue weighted by Crippen LogP contribution is 2.31. The lowest BCUT2D eigenvalue weighted by Crippen LogP contribution is -2.30. The van der Waals surface area contributed by atoms with Crippen LogP contribution in [0, 0.1) is 0 Å². The summed E-state index contributed by atoms with van der Waals surface area (Å²) in [7, 11) is 3.12. The summed E-state index contributed by atoms with van der Waals surface area (Å²) in [6.45, 7) is 1.63. The van der Waals surface area contributed by atoms with Crippen molar-refractivity contribution in [2.24, 2.45) is 0 Å². The number of ether oxygens (including phenoxy) is 4. The number of benzene rings is 2. The molecule has 0 radical (unpaired) electrons. The minimum Gasteiger partial charge on any atom is -0.493 e. The number of methoxy groups -OCH3 is 2. The molecule has 0 saturated carbocycles. The van der Waals surface area contributed by atoms with Gasteiger partial charge < -0.3 is 29.6 Å². The number of hydrogen-bond donors (Lipinski definition) is 2. The van der Waals surface area contributed by atoms with E-state index in [2.05, 4.69) is 10.6 Å². The molecule has 1 heterocycles. The monoisotopic (exact) mass is 358 g/mol. The van der Waals surface area contributed by atoms with Crippen LogP contribution in [0.15, 0.2) is 36.4 Å². The average molecular weight is 358 g/mol. The number of fused-ring (bicyclic) bond motifs is 1. The molecule has 3 rings (SSSR count). The quantitative estimate of drug-likeness (QED) is 0.830. The second-order valence-electron chi connectivity index (χ2n) is 5.68. The Morgan fingerprint density at radius 1 is 1.00 bits per heavy atom. The van der Waals surface area contributed by atoms with Crippen LogP contribution in [-0.2, 0) is 6.42 Å². The molecule has 7 heteroatoms. The SMILES string of the molecule is COc1ccc(NC(=O)NCCc2ccc3c(c2)OCCO3)cc1OC. The van der Waals surface area contributed by atoms with Crippen molar-refractivity contribution in [1.29, 1.82) is 0 Å². The molecule has 0 aromatic heterocycles. The summed E-state index contributed by atoms with van der Waals surface area (Å²) in [5.74, 6) is 2.68. The molecule has 2 aromatic carbocycles. The van der Waals surface area contributed by atoms with E-state index in [4.69, 9.17) is 18.9 Å². The molecule has 2 amide bonds. The van der Waals surface area contributed by atoms with Crippen LogP contribution in [0.2, 0.25) is 0 Å². The van der Waals surface area contributed by atoms with E-state index in [1.807, 2.05) is 18.2 Å². The van der Waals surface area contributed by atoms with Crippen LogP contribution in [0.4, 0.5) is 10.5 Å². The molecule has 1 aliphatic rings. The van der Waals surface area contributed by atoms with Crippen LogP contribution < -0.4 is 29.6 Å².